The first-order valence-electron chi connectivity index (χ1n) is 8.21. The second-order valence-electron chi connectivity index (χ2n) is 6.96. The number of rotatable bonds is 7. The van der Waals surface area contributed by atoms with Gasteiger partial charge in [0.05, 0.1) is 46.1 Å². The topological polar surface area (TPSA) is 61.8 Å². The van der Waals surface area contributed by atoms with Crippen molar-refractivity contribution in [3.63, 3.8) is 0 Å². The van der Waals surface area contributed by atoms with Crippen LogP contribution in [0.25, 0.3) is 0 Å². The molecule has 2 rings (SSSR count). The number of benzene rings is 1. The Kier molecular flexibility index (Phi) is 6.25. The number of nitrogens with zero attached hydrogens (tertiary/aromatic N) is 3. The molecule has 0 spiro atoms. The molecule has 0 aromatic heterocycles. The number of allylic oxidation sites excluding steroid dienone is 1. The molecule has 0 unspecified atom stereocenters. The fourth-order valence-electron chi connectivity index (χ4n) is 2.38. The molecular weight excluding hydrogens is 316 g/mol. The highest BCUT2D eigenvalue weighted by Crippen LogP contribution is 2.20. The van der Waals surface area contributed by atoms with Crippen LogP contribution in [0.3, 0.4) is 0 Å². The van der Waals surface area contributed by atoms with Crippen molar-refractivity contribution in [2.24, 2.45) is 5.18 Å². The molecule has 132 valence electrons. The first-order chi connectivity index (χ1) is 11.9. The summed E-state index contributed by atoms with van der Waals surface area (Å²) in [5.41, 5.74) is 2.21. The van der Waals surface area contributed by atoms with Gasteiger partial charge in [0.2, 0.25) is 0 Å². The number of amides is 1. The van der Waals surface area contributed by atoms with E-state index in [0.717, 1.165) is 16.6 Å². The molecule has 1 N–H and O–H groups in total. The van der Waals surface area contributed by atoms with Crippen molar-refractivity contribution in [2.45, 2.75) is 6.54 Å². The summed E-state index contributed by atoms with van der Waals surface area (Å²) in [5.74, 6) is -0.152. The minimum atomic E-state index is -0.152. The highest BCUT2D eigenvalue weighted by molar-refractivity contribution is 5.96. The third-order valence-corrected chi connectivity index (χ3v) is 3.78. The van der Waals surface area contributed by atoms with E-state index in [9.17, 15) is 9.70 Å². The summed E-state index contributed by atoms with van der Waals surface area (Å²) in [6, 6.07) is 9.91. The Bertz CT molecular complexity index is 700. The smallest absolute Gasteiger partial charge is 0.251 e. The van der Waals surface area contributed by atoms with Gasteiger partial charge in [0.15, 0.2) is 0 Å². The van der Waals surface area contributed by atoms with Crippen LogP contribution in [0.1, 0.15) is 5.56 Å². The minimum Gasteiger partial charge on any atom is -0.346 e. The maximum absolute atomic E-state index is 12.3. The van der Waals surface area contributed by atoms with Crippen molar-refractivity contribution in [2.75, 3.05) is 34.2 Å². The predicted octanol–water partition coefficient (Wildman–Crippen LogP) is 2.37. The van der Waals surface area contributed by atoms with Gasteiger partial charge in [-0.1, -0.05) is 30.3 Å². The number of hydrogen-bond donors (Lipinski definition) is 1. The highest BCUT2D eigenvalue weighted by atomic mass is 16.2. The van der Waals surface area contributed by atoms with Crippen LogP contribution in [0.2, 0.25) is 0 Å². The largest absolute Gasteiger partial charge is 0.346 e. The monoisotopic (exact) mass is 341 g/mol. The zero-order valence-corrected chi connectivity index (χ0v) is 15.0. The number of likely N-dealkylation sites (N-methyl/N-ethyl adjacent to an activating group) is 1. The van der Waals surface area contributed by atoms with E-state index in [1.165, 1.54) is 6.20 Å². The molecule has 0 atom stereocenters. The molecule has 25 heavy (non-hydrogen) atoms. The normalized spacial score (nSPS) is 15.9. The van der Waals surface area contributed by atoms with Crippen LogP contribution < -0.4 is 5.32 Å². The van der Waals surface area contributed by atoms with Crippen molar-refractivity contribution < 1.29 is 9.28 Å². The molecule has 1 amide bonds. The molecule has 1 heterocycles. The summed E-state index contributed by atoms with van der Waals surface area (Å²) in [5, 5.41) is 5.78. The lowest BCUT2D eigenvalue weighted by molar-refractivity contribution is -0.869. The molecule has 6 heteroatoms. The van der Waals surface area contributed by atoms with Gasteiger partial charge in [-0.05, 0) is 22.9 Å². The molecule has 0 radical (unpaired) electrons. The summed E-state index contributed by atoms with van der Waals surface area (Å²) in [6.45, 7) is 2.03. The van der Waals surface area contributed by atoms with Gasteiger partial charge in [-0.15, -0.1) is 4.91 Å². The molecule has 0 aliphatic carbocycles. The molecule has 0 saturated carbocycles. The van der Waals surface area contributed by atoms with E-state index in [0.29, 0.717) is 24.4 Å². The lowest BCUT2D eigenvalue weighted by Gasteiger charge is -2.25. The van der Waals surface area contributed by atoms with E-state index in [1.54, 1.807) is 18.4 Å². The summed E-state index contributed by atoms with van der Waals surface area (Å²) >= 11 is 0. The third-order valence-electron chi connectivity index (χ3n) is 3.78. The average Bonchev–Trinajstić information content (AvgIpc) is 2.56. The fraction of sp³-hybridized carbons (Fsp3) is 0.316. The lowest BCUT2D eigenvalue weighted by atomic mass is 10.1. The molecule has 0 fully saturated rings. The fourth-order valence-corrected chi connectivity index (χ4v) is 2.38. The highest BCUT2D eigenvalue weighted by Gasteiger charge is 2.16. The van der Waals surface area contributed by atoms with Gasteiger partial charge in [-0.25, -0.2) is 0 Å². The zero-order chi connectivity index (χ0) is 18.3. The first kappa shape index (κ1) is 18.6. The number of hydrogen-bond acceptors (Lipinski definition) is 4. The van der Waals surface area contributed by atoms with Gasteiger partial charge < -0.3 is 14.7 Å². The van der Waals surface area contributed by atoms with Crippen LogP contribution in [-0.4, -0.2) is 49.5 Å². The number of carbonyl (C=O) groups is 1. The van der Waals surface area contributed by atoms with E-state index in [2.05, 4.69) is 31.6 Å². The molecule has 1 aliphatic rings. The Labute approximate surface area is 148 Å². The van der Waals surface area contributed by atoms with Gasteiger partial charge in [0, 0.05) is 18.3 Å². The van der Waals surface area contributed by atoms with Crippen molar-refractivity contribution in [1.29, 1.82) is 0 Å². The molecule has 0 saturated heterocycles. The van der Waals surface area contributed by atoms with Crippen LogP contribution in [0.5, 0.6) is 0 Å². The van der Waals surface area contributed by atoms with E-state index in [4.69, 9.17) is 0 Å². The molecule has 0 bridgehead atoms. The second-order valence-corrected chi connectivity index (χ2v) is 6.96. The summed E-state index contributed by atoms with van der Waals surface area (Å²) < 4.78 is 0.778. The van der Waals surface area contributed by atoms with Gasteiger partial charge >= 0.3 is 0 Å². The Hall–Kier alpha value is -2.73. The van der Waals surface area contributed by atoms with Gasteiger partial charge in [-0.3, -0.25) is 4.79 Å². The summed E-state index contributed by atoms with van der Waals surface area (Å²) in [6.07, 6.45) is 6.47. The van der Waals surface area contributed by atoms with Crippen LogP contribution in [0.4, 0.5) is 0 Å². The van der Waals surface area contributed by atoms with Crippen molar-refractivity contribution in [3.8, 4) is 0 Å². The van der Waals surface area contributed by atoms with E-state index in [1.807, 2.05) is 35.2 Å². The Morgan fingerprint density at radius 3 is 2.60 bits per heavy atom. The predicted molar refractivity (Wildman–Crippen MR) is 99.0 cm³/mol. The van der Waals surface area contributed by atoms with Crippen LogP contribution >= 0.6 is 0 Å². The number of carbonyl (C=O) groups excluding carboxylic acids is 1. The molecule has 1 aliphatic heterocycles. The Morgan fingerprint density at radius 1 is 1.24 bits per heavy atom. The summed E-state index contributed by atoms with van der Waals surface area (Å²) in [7, 11) is 6.22. The van der Waals surface area contributed by atoms with Gasteiger partial charge in [0.1, 0.15) is 0 Å². The first-order valence-corrected chi connectivity index (χ1v) is 8.21. The zero-order valence-electron chi connectivity index (χ0n) is 15.0. The molecular formula is C19H25N4O2+. The Morgan fingerprint density at radius 2 is 1.96 bits per heavy atom. The number of quaternary nitrogens is 1. The maximum atomic E-state index is 12.3. The molecule has 6 nitrogen and oxygen atoms in total. The average molecular weight is 341 g/mol. The SMILES string of the molecule is C[N+](C)(C)CCNC(=O)C1=C/C(=C\N=O)N(Cc2ccccc2)C=C1. The summed E-state index contributed by atoms with van der Waals surface area (Å²) in [4.78, 5) is 24.9. The number of nitrogens with one attached hydrogen (secondary N) is 1. The minimum absolute atomic E-state index is 0.152. The van der Waals surface area contributed by atoms with Crippen molar-refractivity contribution in [3.05, 3.63) is 76.6 Å². The molecule has 1 aromatic carbocycles. The van der Waals surface area contributed by atoms with Crippen molar-refractivity contribution >= 4 is 5.91 Å². The van der Waals surface area contributed by atoms with E-state index in [-0.39, 0.29) is 5.91 Å². The van der Waals surface area contributed by atoms with E-state index < -0.39 is 0 Å². The second kappa shape index (κ2) is 8.39. The standard InChI is InChI=1S/C19H24N4O2/c1-23(2,3)12-10-20-19(24)17-9-11-22(18(13-17)14-21-25)15-16-7-5-4-6-8-16/h4-9,11,13-14H,10,12,15H2,1-3H3/p+1/b18-14+. The lowest BCUT2D eigenvalue weighted by Crippen LogP contribution is -2.42. The van der Waals surface area contributed by atoms with Crippen LogP contribution in [0.15, 0.2) is 71.3 Å². The third kappa shape index (κ3) is 6.00. The van der Waals surface area contributed by atoms with Gasteiger partial charge in [0.25, 0.3) is 5.91 Å². The molecule has 1 aromatic rings. The van der Waals surface area contributed by atoms with Crippen molar-refractivity contribution in [1.82, 2.24) is 10.2 Å². The van der Waals surface area contributed by atoms with Crippen LogP contribution in [0, 0.1) is 4.91 Å². The quantitative estimate of drug-likeness (QED) is 0.612. The van der Waals surface area contributed by atoms with Gasteiger partial charge in [-0.2, -0.15) is 0 Å². The van der Waals surface area contributed by atoms with Crippen LogP contribution in [-0.2, 0) is 11.3 Å². The van der Waals surface area contributed by atoms with E-state index >= 15 is 0 Å². The number of nitroso groups, excluding NO2 is 1. The Balaban J connectivity index is 2.04. The maximum Gasteiger partial charge on any atom is 0.251 e.